The number of hydrogen-bond acceptors (Lipinski definition) is 3. The molecule has 2 N–H and O–H groups in total. The van der Waals surface area contributed by atoms with Crippen LogP contribution in [0.2, 0.25) is 0 Å². The van der Waals surface area contributed by atoms with E-state index in [0.717, 1.165) is 19.3 Å². The van der Waals surface area contributed by atoms with Crippen LogP contribution < -0.4 is 5.73 Å². The van der Waals surface area contributed by atoms with Crippen molar-refractivity contribution in [3.05, 3.63) is 0 Å². The van der Waals surface area contributed by atoms with E-state index in [4.69, 9.17) is 11.0 Å². The average Bonchev–Trinajstić information content (AvgIpc) is 2.88. The Hall–Kier alpha value is -1.57. The average molecular weight is 221 g/mol. The molecular weight excluding hydrogens is 206 g/mol. The summed E-state index contributed by atoms with van der Waals surface area (Å²) in [6.07, 6.45) is 2.42. The minimum absolute atomic E-state index is 0.0333. The van der Waals surface area contributed by atoms with E-state index in [0.29, 0.717) is 13.1 Å². The first-order chi connectivity index (χ1) is 7.57. The highest BCUT2D eigenvalue weighted by Gasteiger charge is 2.50. The largest absolute Gasteiger partial charge is 0.369 e. The zero-order chi connectivity index (χ0) is 11.8. The van der Waals surface area contributed by atoms with Gasteiger partial charge in [-0.25, -0.2) is 0 Å². The van der Waals surface area contributed by atoms with Gasteiger partial charge in [0.2, 0.25) is 11.8 Å². The molecule has 1 saturated carbocycles. The molecule has 1 aliphatic heterocycles. The Morgan fingerprint density at radius 3 is 2.62 bits per heavy atom. The fourth-order valence-corrected chi connectivity index (χ4v) is 2.15. The monoisotopic (exact) mass is 221 g/mol. The molecule has 1 aliphatic carbocycles. The van der Waals surface area contributed by atoms with Crippen LogP contribution in [-0.2, 0) is 9.59 Å². The Balaban J connectivity index is 1.90. The van der Waals surface area contributed by atoms with Gasteiger partial charge in [-0.1, -0.05) is 0 Å². The predicted molar refractivity (Wildman–Crippen MR) is 55.8 cm³/mol. The van der Waals surface area contributed by atoms with E-state index in [1.54, 1.807) is 4.90 Å². The van der Waals surface area contributed by atoms with Gasteiger partial charge in [0.15, 0.2) is 0 Å². The van der Waals surface area contributed by atoms with Crippen LogP contribution in [-0.4, -0.2) is 29.8 Å². The summed E-state index contributed by atoms with van der Waals surface area (Å²) >= 11 is 0. The second-order valence-electron chi connectivity index (χ2n) is 4.78. The second-order valence-corrected chi connectivity index (χ2v) is 4.78. The molecule has 86 valence electrons. The number of nitriles is 1. The highest BCUT2D eigenvalue weighted by molar-refractivity contribution is 5.90. The number of primary amides is 1. The number of hydrogen-bond donors (Lipinski definition) is 1. The number of nitrogens with two attached hydrogens (primary N) is 1. The smallest absolute Gasteiger partial charge is 0.224 e. The van der Waals surface area contributed by atoms with Crippen LogP contribution >= 0.6 is 0 Å². The Kier molecular flexibility index (Phi) is 2.58. The Morgan fingerprint density at radius 1 is 1.50 bits per heavy atom. The van der Waals surface area contributed by atoms with Gasteiger partial charge in [-0.15, -0.1) is 0 Å². The first kappa shape index (κ1) is 10.9. The van der Waals surface area contributed by atoms with Crippen molar-refractivity contribution in [3.63, 3.8) is 0 Å². The molecule has 1 saturated heterocycles. The van der Waals surface area contributed by atoms with Gasteiger partial charge in [0.1, 0.15) is 0 Å². The second kappa shape index (κ2) is 3.78. The molecule has 2 rings (SSSR count). The van der Waals surface area contributed by atoms with Crippen LogP contribution in [0.3, 0.4) is 0 Å². The summed E-state index contributed by atoms with van der Waals surface area (Å²) in [5, 5.41) is 8.74. The summed E-state index contributed by atoms with van der Waals surface area (Å²) in [4.78, 5) is 24.7. The molecule has 2 aliphatic rings. The molecule has 5 heteroatoms. The molecule has 0 radical (unpaired) electrons. The molecule has 1 atom stereocenters. The molecule has 0 bridgehead atoms. The van der Waals surface area contributed by atoms with E-state index in [2.05, 4.69) is 6.07 Å². The van der Waals surface area contributed by atoms with Gasteiger partial charge in [-0.2, -0.15) is 5.26 Å². The van der Waals surface area contributed by atoms with Crippen molar-refractivity contribution in [2.45, 2.75) is 25.7 Å². The highest BCUT2D eigenvalue weighted by Crippen LogP contribution is 2.48. The molecule has 2 fully saturated rings. The van der Waals surface area contributed by atoms with Gasteiger partial charge in [0.25, 0.3) is 0 Å². The standard InChI is InChI=1S/C11H15N3O2/c12-6-8-1-4-14(7-8)9(15)5-11(2-3-11)10(13)16/h8H,1-5,7H2,(H2,13,16)/t8-/m0/s1. The van der Waals surface area contributed by atoms with E-state index >= 15 is 0 Å². The SMILES string of the molecule is N#C[C@@H]1CCN(C(=O)CC2(C(N)=O)CC2)C1. The number of amides is 2. The van der Waals surface area contributed by atoms with E-state index < -0.39 is 5.41 Å². The van der Waals surface area contributed by atoms with Crippen LogP contribution in [0.25, 0.3) is 0 Å². The van der Waals surface area contributed by atoms with Gasteiger partial charge < -0.3 is 10.6 Å². The molecule has 16 heavy (non-hydrogen) atoms. The molecule has 5 nitrogen and oxygen atoms in total. The number of rotatable bonds is 3. The van der Waals surface area contributed by atoms with Gasteiger partial charge in [0.05, 0.1) is 17.4 Å². The zero-order valence-electron chi connectivity index (χ0n) is 9.11. The number of carbonyl (C=O) groups excluding carboxylic acids is 2. The van der Waals surface area contributed by atoms with Gasteiger partial charge in [-0.05, 0) is 19.3 Å². The maximum atomic E-state index is 11.9. The lowest BCUT2D eigenvalue weighted by molar-refractivity contribution is -0.135. The molecule has 0 aromatic heterocycles. The Labute approximate surface area is 94.2 Å². The summed E-state index contributed by atoms with van der Waals surface area (Å²) in [5.74, 6) is -0.446. The number of carbonyl (C=O) groups is 2. The van der Waals surface area contributed by atoms with Crippen molar-refractivity contribution >= 4 is 11.8 Å². The van der Waals surface area contributed by atoms with Gasteiger partial charge in [-0.3, -0.25) is 9.59 Å². The third-order valence-corrected chi connectivity index (χ3v) is 3.59. The number of likely N-dealkylation sites (tertiary alicyclic amines) is 1. The van der Waals surface area contributed by atoms with E-state index in [1.807, 2.05) is 0 Å². The Bertz CT molecular complexity index is 368. The molecule has 2 amide bonds. The summed E-state index contributed by atoms with van der Waals surface area (Å²) in [6.45, 7) is 1.13. The lowest BCUT2D eigenvalue weighted by Gasteiger charge is -2.18. The van der Waals surface area contributed by atoms with Crippen molar-refractivity contribution in [1.82, 2.24) is 4.90 Å². The quantitative estimate of drug-likeness (QED) is 0.728. The molecule has 1 heterocycles. The number of nitrogens with zero attached hydrogens (tertiary/aromatic N) is 2. The maximum Gasteiger partial charge on any atom is 0.224 e. The molecule has 0 aromatic rings. The van der Waals surface area contributed by atoms with Crippen LogP contribution in [0.4, 0.5) is 0 Å². The fraction of sp³-hybridized carbons (Fsp3) is 0.727. The minimum atomic E-state index is -0.568. The van der Waals surface area contributed by atoms with Crippen molar-refractivity contribution < 1.29 is 9.59 Å². The summed E-state index contributed by atoms with van der Waals surface area (Å²) in [5.41, 5.74) is 4.70. The third kappa shape index (κ3) is 1.87. The summed E-state index contributed by atoms with van der Waals surface area (Å²) < 4.78 is 0. The van der Waals surface area contributed by atoms with Crippen molar-refractivity contribution in [2.24, 2.45) is 17.1 Å². The summed E-state index contributed by atoms with van der Waals surface area (Å²) in [6, 6.07) is 2.16. The van der Waals surface area contributed by atoms with Gasteiger partial charge >= 0.3 is 0 Å². The van der Waals surface area contributed by atoms with E-state index in [-0.39, 0.29) is 24.2 Å². The van der Waals surface area contributed by atoms with Crippen LogP contribution in [0.5, 0.6) is 0 Å². The summed E-state index contributed by atoms with van der Waals surface area (Å²) in [7, 11) is 0. The third-order valence-electron chi connectivity index (χ3n) is 3.59. The van der Waals surface area contributed by atoms with Gasteiger partial charge in [0, 0.05) is 19.5 Å². The van der Waals surface area contributed by atoms with Crippen molar-refractivity contribution in [1.29, 1.82) is 5.26 Å². The fourth-order valence-electron chi connectivity index (χ4n) is 2.15. The highest BCUT2D eigenvalue weighted by atomic mass is 16.2. The topological polar surface area (TPSA) is 87.2 Å². The molecule has 0 unspecified atom stereocenters. The lowest BCUT2D eigenvalue weighted by atomic mass is 10.0. The molecule has 0 spiro atoms. The molecule has 0 aromatic carbocycles. The van der Waals surface area contributed by atoms with Crippen molar-refractivity contribution in [3.8, 4) is 6.07 Å². The first-order valence-electron chi connectivity index (χ1n) is 5.55. The Morgan fingerprint density at radius 2 is 2.19 bits per heavy atom. The zero-order valence-corrected chi connectivity index (χ0v) is 9.11. The van der Waals surface area contributed by atoms with Crippen LogP contribution in [0.1, 0.15) is 25.7 Å². The van der Waals surface area contributed by atoms with E-state index in [9.17, 15) is 9.59 Å². The predicted octanol–water partition coefficient (Wildman–Crippen LogP) is 0.0141. The minimum Gasteiger partial charge on any atom is -0.369 e. The van der Waals surface area contributed by atoms with Crippen LogP contribution in [0.15, 0.2) is 0 Å². The van der Waals surface area contributed by atoms with Crippen LogP contribution in [0, 0.1) is 22.7 Å². The van der Waals surface area contributed by atoms with E-state index in [1.165, 1.54) is 0 Å². The normalized spacial score (nSPS) is 26.2. The lowest BCUT2D eigenvalue weighted by Crippen LogP contribution is -2.34. The first-order valence-corrected chi connectivity index (χ1v) is 5.55. The molecular formula is C11H15N3O2. The van der Waals surface area contributed by atoms with Crippen molar-refractivity contribution in [2.75, 3.05) is 13.1 Å². The maximum absolute atomic E-state index is 11.9.